The summed E-state index contributed by atoms with van der Waals surface area (Å²) in [7, 11) is 1.95. The molecule has 3 aliphatic rings. The highest BCUT2D eigenvalue weighted by Gasteiger charge is 2.47. The van der Waals surface area contributed by atoms with Gasteiger partial charge in [-0.2, -0.15) is 0 Å². The molecule has 1 spiro atoms. The van der Waals surface area contributed by atoms with Gasteiger partial charge in [-0.3, -0.25) is 9.69 Å². The molecule has 0 aliphatic carbocycles. The van der Waals surface area contributed by atoms with Gasteiger partial charge >= 0.3 is 0 Å². The Morgan fingerprint density at radius 2 is 1.92 bits per heavy atom. The lowest BCUT2D eigenvalue weighted by Crippen LogP contribution is -2.56. The first-order valence-electron chi connectivity index (χ1n) is 8.62. The predicted octanol–water partition coefficient (Wildman–Crippen LogP) is 2.63. The van der Waals surface area contributed by atoms with Gasteiger partial charge in [0.15, 0.2) is 11.5 Å². The van der Waals surface area contributed by atoms with Crippen LogP contribution in [-0.4, -0.2) is 65.2 Å². The van der Waals surface area contributed by atoms with Crippen molar-refractivity contribution < 1.29 is 14.3 Å². The molecule has 0 saturated carbocycles. The number of amides is 1. The molecular formula is C18H25ClN2O3S. The Morgan fingerprint density at radius 1 is 1.24 bits per heavy atom. The topological polar surface area (TPSA) is 42.0 Å². The van der Waals surface area contributed by atoms with Crippen LogP contribution in [0.1, 0.15) is 19.8 Å². The molecule has 4 rings (SSSR count). The van der Waals surface area contributed by atoms with Crippen LogP contribution in [0.4, 0.5) is 0 Å². The van der Waals surface area contributed by atoms with E-state index >= 15 is 0 Å². The Morgan fingerprint density at radius 3 is 2.56 bits per heavy atom. The molecule has 2 saturated heterocycles. The summed E-state index contributed by atoms with van der Waals surface area (Å²) in [5.41, 5.74) is 0. The van der Waals surface area contributed by atoms with E-state index in [1.807, 2.05) is 48.0 Å². The standard InChI is InChI=1S/C18H24N2O3S.ClH/c1-13(16-11-22-14-5-3-4-6-15(14)23-16)20-9-7-18(8-10-20)19(2)17(21)12-24-18;/h3-6,13,16H,7-12H2,1-2H3;1H. The van der Waals surface area contributed by atoms with Crippen molar-refractivity contribution in [3.05, 3.63) is 24.3 Å². The van der Waals surface area contributed by atoms with Crippen molar-refractivity contribution in [1.29, 1.82) is 0 Å². The molecule has 0 N–H and O–H groups in total. The summed E-state index contributed by atoms with van der Waals surface area (Å²) in [6.45, 7) is 4.80. The molecule has 3 aliphatic heterocycles. The zero-order valence-corrected chi connectivity index (χ0v) is 16.3. The number of fused-ring (bicyclic) bond motifs is 1. The molecule has 3 heterocycles. The molecular weight excluding hydrogens is 360 g/mol. The number of carbonyl (C=O) groups excluding carboxylic acids is 1. The number of piperidine rings is 1. The lowest BCUT2D eigenvalue weighted by molar-refractivity contribution is -0.129. The summed E-state index contributed by atoms with van der Waals surface area (Å²) in [5.74, 6) is 2.57. The second-order valence-electron chi connectivity index (χ2n) is 6.88. The highest BCUT2D eigenvalue weighted by atomic mass is 35.5. The molecule has 1 aromatic carbocycles. The maximum atomic E-state index is 11.9. The van der Waals surface area contributed by atoms with E-state index < -0.39 is 0 Å². The Labute approximate surface area is 159 Å². The smallest absolute Gasteiger partial charge is 0.233 e. The third-order valence-corrected chi connectivity index (χ3v) is 7.28. The minimum absolute atomic E-state index is 0. The van der Waals surface area contributed by atoms with Gasteiger partial charge in [0, 0.05) is 26.2 Å². The number of ether oxygens (including phenoxy) is 2. The van der Waals surface area contributed by atoms with Crippen LogP contribution in [0.15, 0.2) is 24.3 Å². The summed E-state index contributed by atoms with van der Waals surface area (Å²) in [6, 6.07) is 8.15. The van der Waals surface area contributed by atoms with Crippen molar-refractivity contribution in [3.8, 4) is 11.5 Å². The molecule has 0 bridgehead atoms. The van der Waals surface area contributed by atoms with E-state index in [4.69, 9.17) is 9.47 Å². The average Bonchev–Trinajstić information content (AvgIpc) is 2.90. The molecule has 1 amide bonds. The second kappa shape index (κ2) is 7.25. The van der Waals surface area contributed by atoms with E-state index in [1.54, 1.807) is 0 Å². The fraction of sp³-hybridized carbons (Fsp3) is 0.611. The number of hydrogen-bond acceptors (Lipinski definition) is 5. The summed E-state index contributed by atoms with van der Waals surface area (Å²) < 4.78 is 12.0. The number of carbonyl (C=O) groups is 1. The van der Waals surface area contributed by atoms with Crippen LogP contribution >= 0.6 is 24.2 Å². The lowest BCUT2D eigenvalue weighted by atomic mass is 9.99. The molecule has 1 aromatic rings. The SMILES string of the molecule is CC(C1COc2ccccc2O1)N1CCC2(CC1)SCC(=O)N2C.Cl. The predicted molar refractivity (Wildman–Crippen MR) is 102 cm³/mol. The summed E-state index contributed by atoms with van der Waals surface area (Å²) in [5, 5.41) is 0. The molecule has 2 atom stereocenters. The first kappa shape index (κ1) is 18.7. The zero-order valence-electron chi connectivity index (χ0n) is 14.6. The summed E-state index contributed by atoms with van der Waals surface area (Å²) in [4.78, 5) is 16.3. The summed E-state index contributed by atoms with van der Waals surface area (Å²) in [6.07, 6.45) is 2.09. The number of para-hydroxylation sites is 2. The Bertz CT molecular complexity index is 637. The minimum atomic E-state index is 0. The van der Waals surface area contributed by atoms with Crippen LogP contribution in [0.3, 0.4) is 0 Å². The van der Waals surface area contributed by atoms with Gasteiger partial charge in [-0.1, -0.05) is 12.1 Å². The first-order chi connectivity index (χ1) is 11.6. The minimum Gasteiger partial charge on any atom is -0.486 e. The monoisotopic (exact) mass is 384 g/mol. The Hall–Kier alpha value is -1.11. The maximum Gasteiger partial charge on any atom is 0.233 e. The molecule has 138 valence electrons. The van der Waals surface area contributed by atoms with Crippen molar-refractivity contribution in [3.63, 3.8) is 0 Å². The molecule has 0 aromatic heterocycles. The van der Waals surface area contributed by atoms with Crippen LogP contribution in [0, 0.1) is 0 Å². The van der Waals surface area contributed by atoms with Gasteiger partial charge in [0.25, 0.3) is 0 Å². The van der Waals surface area contributed by atoms with Crippen molar-refractivity contribution in [2.45, 2.75) is 36.8 Å². The lowest BCUT2D eigenvalue weighted by Gasteiger charge is -2.46. The Balaban J connectivity index is 0.00000182. The molecule has 2 fully saturated rings. The number of likely N-dealkylation sites (tertiary alicyclic amines) is 1. The van der Waals surface area contributed by atoms with Gasteiger partial charge in [-0.05, 0) is 31.9 Å². The van der Waals surface area contributed by atoms with Gasteiger partial charge in [-0.15, -0.1) is 24.2 Å². The van der Waals surface area contributed by atoms with Gasteiger partial charge in [-0.25, -0.2) is 0 Å². The van der Waals surface area contributed by atoms with Gasteiger partial charge in [0.2, 0.25) is 5.91 Å². The normalized spacial score (nSPS) is 26.4. The molecule has 0 radical (unpaired) electrons. The van der Waals surface area contributed by atoms with Crippen LogP contribution in [-0.2, 0) is 4.79 Å². The van der Waals surface area contributed by atoms with E-state index in [9.17, 15) is 4.79 Å². The number of halogens is 1. The Kier molecular flexibility index (Phi) is 5.42. The molecule has 5 nitrogen and oxygen atoms in total. The largest absolute Gasteiger partial charge is 0.486 e. The van der Waals surface area contributed by atoms with Crippen LogP contribution in [0.25, 0.3) is 0 Å². The van der Waals surface area contributed by atoms with Crippen molar-refractivity contribution in [2.24, 2.45) is 0 Å². The fourth-order valence-corrected chi connectivity index (χ4v) is 5.24. The van der Waals surface area contributed by atoms with Gasteiger partial charge < -0.3 is 14.4 Å². The van der Waals surface area contributed by atoms with Gasteiger partial charge in [0.05, 0.1) is 10.6 Å². The van der Waals surface area contributed by atoms with Crippen molar-refractivity contribution >= 4 is 30.1 Å². The van der Waals surface area contributed by atoms with Crippen molar-refractivity contribution in [2.75, 3.05) is 32.5 Å². The number of thioether (sulfide) groups is 1. The third-order valence-electron chi connectivity index (χ3n) is 5.67. The van der Waals surface area contributed by atoms with E-state index in [0.717, 1.165) is 37.4 Å². The molecule has 7 heteroatoms. The third kappa shape index (κ3) is 3.32. The van der Waals surface area contributed by atoms with Crippen LogP contribution < -0.4 is 9.47 Å². The number of benzene rings is 1. The maximum absolute atomic E-state index is 11.9. The van der Waals surface area contributed by atoms with E-state index in [1.165, 1.54) is 0 Å². The molecule has 25 heavy (non-hydrogen) atoms. The van der Waals surface area contributed by atoms with E-state index in [-0.39, 0.29) is 29.3 Å². The number of nitrogens with zero attached hydrogens (tertiary/aromatic N) is 2. The highest BCUT2D eigenvalue weighted by molar-refractivity contribution is 8.01. The number of hydrogen-bond donors (Lipinski definition) is 0. The van der Waals surface area contributed by atoms with Gasteiger partial charge in [0.1, 0.15) is 12.7 Å². The van der Waals surface area contributed by atoms with E-state index in [2.05, 4.69) is 11.8 Å². The quantitative estimate of drug-likeness (QED) is 0.784. The first-order valence-corrected chi connectivity index (χ1v) is 9.61. The fourth-order valence-electron chi connectivity index (χ4n) is 3.89. The summed E-state index contributed by atoms with van der Waals surface area (Å²) >= 11 is 1.82. The van der Waals surface area contributed by atoms with E-state index in [0.29, 0.717) is 18.4 Å². The second-order valence-corrected chi connectivity index (χ2v) is 8.22. The van der Waals surface area contributed by atoms with Crippen LogP contribution in [0.5, 0.6) is 11.5 Å². The number of rotatable bonds is 2. The zero-order chi connectivity index (χ0) is 16.7. The average molecular weight is 385 g/mol. The molecule has 2 unspecified atom stereocenters. The van der Waals surface area contributed by atoms with Crippen LogP contribution in [0.2, 0.25) is 0 Å². The van der Waals surface area contributed by atoms with Crippen molar-refractivity contribution in [1.82, 2.24) is 9.80 Å². The highest BCUT2D eigenvalue weighted by Crippen LogP contribution is 2.44.